The normalized spacial score (nSPS) is 14.0. The number of likely N-dealkylation sites (tertiary alicyclic amines) is 1. The second-order valence-electron chi connectivity index (χ2n) is 6.04. The van der Waals surface area contributed by atoms with Crippen LogP contribution in [-0.2, 0) is 22.6 Å². The Balaban J connectivity index is 1.65. The number of halogens is 2. The molecule has 1 heterocycles. The summed E-state index contributed by atoms with van der Waals surface area (Å²) in [6, 6.07) is 11.7. The highest BCUT2D eigenvalue weighted by atomic mass is 35.5. The van der Waals surface area contributed by atoms with Crippen molar-refractivity contribution < 1.29 is 14.0 Å². The van der Waals surface area contributed by atoms with Gasteiger partial charge >= 0.3 is 0 Å². The number of nitrogens with one attached hydrogen (secondary N) is 1. The summed E-state index contributed by atoms with van der Waals surface area (Å²) in [5, 5.41) is 2.99. The van der Waals surface area contributed by atoms with Crippen molar-refractivity contribution in [2.45, 2.75) is 25.8 Å². The molecule has 1 N–H and O–H groups in total. The minimum absolute atomic E-state index is 0.139. The Morgan fingerprint density at radius 2 is 2.04 bits per heavy atom. The molecule has 0 spiro atoms. The number of benzene rings is 2. The van der Waals surface area contributed by atoms with Crippen LogP contribution in [0.5, 0.6) is 0 Å². The SMILES string of the molecule is O=C(Cc1c(F)cccc1Cl)Nc1cccc(CN2CCCC2=O)c1. The summed E-state index contributed by atoms with van der Waals surface area (Å²) in [6.45, 7) is 1.29. The Hall–Kier alpha value is -2.40. The zero-order valence-electron chi connectivity index (χ0n) is 13.6. The van der Waals surface area contributed by atoms with E-state index in [4.69, 9.17) is 11.6 Å². The number of rotatable bonds is 5. The first-order valence-electron chi connectivity index (χ1n) is 8.12. The van der Waals surface area contributed by atoms with Crippen LogP contribution in [0, 0.1) is 5.82 Å². The Bertz CT molecular complexity index is 790. The predicted octanol–water partition coefficient (Wildman–Crippen LogP) is 3.78. The quantitative estimate of drug-likeness (QED) is 0.882. The van der Waals surface area contributed by atoms with Gasteiger partial charge in [-0.2, -0.15) is 0 Å². The highest BCUT2D eigenvalue weighted by Crippen LogP contribution is 2.21. The van der Waals surface area contributed by atoms with E-state index in [1.807, 2.05) is 18.2 Å². The second kappa shape index (κ2) is 7.66. The molecule has 2 aromatic carbocycles. The van der Waals surface area contributed by atoms with Crippen LogP contribution in [0.15, 0.2) is 42.5 Å². The molecule has 3 rings (SSSR count). The number of nitrogens with zero attached hydrogens (tertiary/aromatic N) is 1. The van der Waals surface area contributed by atoms with Crippen molar-refractivity contribution in [3.05, 3.63) is 64.4 Å². The van der Waals surface area contributed by atoms with Gasteiger partial charge in [-0.15, -0.1) is 0 Å². The molecule has 0 aromatic heterocycles. The zero-order chi connectivity index (χ0) is 17.8. The summed E-state index contributed by atoms with van der Waals surface area (Å²) in [6.07, 6.45) is 1.35. The van der Waals surface area contributed by atoms with Crippen LogP contribution in [0.25, 0.3) is 0 Å². The summed E-state index contributed by atoms with van der Waals surface area (Å²) in [4.78, 5) is 25.7. The minimum Gasteiger partial charge on any atom is -0.338 e. The maximum Gasteiger partial charge on any atom is 0.228 e. The Morgan fingerprint density at radius 1 is 1.24 bits per heavy atom. The van der Waals surface area contributed by atoms with Gasteiger partial charge in [-0.25, -0.2) is 4.39 Å². The monoisotopic (exact) mass is 360 g/mol. The fourth-order valence-corrected chi connectivity index (χ4v) is 3.14. The zero-order valence-corrected chi connectivity index (χ0v) is 14.4. The number of carbonyl (C=O) groups excluding carboxylic acids is 2. The molecule has 1 saturated heterocycles. The molecule has 1 fully saturated rings. The molecule has 0 saturated carbocycles. The summed E-state index contributed by atoms with van der Waals surface area (Å²) in [7, 11) is 0. The molecular weight excluding hydrogens is 343 g/mol. The first kappa shape index (κ1) is 17.4. The maximum atomic E-state index is 13.8. The van der Waals surface area contributed by atoms with Gasteiger partial charge < -0.3 is 10.2 Å². The third-order valence-corrected chi connectivity index (χ3v) is 4.51. The van der Waals surface area contributed by atoms with E-state index >= 15 is 0 Å². The van der Waals surface area contributed by atoms with Gasteiger partial charge in [0.05, 0.1) is 6.42 Å². The molecular formula is C19H18ClFN2O2. The topological polar surface area (TPSA) is 49.4 Å². The van der Waals surface area contributed by atoms with Crippen LogP contribution in [0.4, 0.5) is 10.1 Å². The number of hydrogen-bond acceptors (Lipinski definition) is 2. The van der Waals surface area contributed by atoms with Crippen LogP contribution >= 0.6 is 11.6 Å². The van der Waals surface area contributed by atoms with Crippen molar-refractivity contribution in [2.75, 3.05) is 11.9 Å². The highest BCUT2D eigenvalue weighted by molar-refractivity contribution is 6.31. The van der Waals surface area contributed by atoms with Crippen LogP contribution in [0.2, 0.25) is 5.02 Å². The summed E-state index contributed by atoms with van der Waals surface area (Å²) in [5.74, 6) is -0.686. The van der Waals surface area contributed by atoms with Gasteiger partial charge in [0.1, 0.15) is 5.82 Å². The summed E-state index contributed by atoms with van der Waals surface area (Å²) >= 11 is 5.95. The van der Waals surface area contributed by atoms with Gasteiger partial charge in [0, 0.05) is 35.8 Å². The average Bonchev–Trinajstić information content (AvgIpc) is 2.96. The van der Waals surface area contributed by atoms with Gasteiger partial charge in [-0.3, -0.25) is 9.59 Å². The Labute approximate surface area is 150 Å². The van der Waals surface area contributed by atoms with Crippen LogP contribution in [-0.4, -0.2) is 23.3 Å². The molecule has 1 aliphatic rings. The molecule has 2 amide bonds. The summed E-state index contributed by atoms with van der Waals surface area (Å²) < 4.78 is 13.8. The lowest BCUT2D eigenvalue weighted by Crippen LogP contribution is -2.24. The molecule has 6 heteroatoms. The molecule has 0 atom stereocenters. The molecule has 130 valence electrons. The van der Waals surface area contributed by atoms with E-state index in [0.717, 1.165) is 18.5 Å². The van der Waals surface area contributed by atoms with Crippen molar-refractivity contribution in [3.63, 3.8) is 0 Å². The maximum absolute atomic E-state index is 13.8. The van der Waals surface area contributed by atoms with E-state index in [-0.39, 0.29) is 28.8 Å². The minimum atomic E-state index is -0.496. The Kier molecular flexibility index (Phi) is 5.34. The van der Waals surface area contributed by atoms with E-state index in [1.54, 1.807) is 17.0 Å². The molecule has 2 aromatic rings. The standard InChI is InChI=1S/C19H18ClFN2O2/c20-16-6-2-7-17(21)15(16)11-18(24)22-14-5-1-4-13(10-14)12-23-9-3-8-19(23)25/h1-2,4-7,10H,3,8-9,11-12H2,(H,22,24). The van der Waals surface area contributed by atoms with Crippen molar-refractivity contribution in [1.82, 2.24) is 4.90 Å². The molecule has 4 nitrogen and oxygen atoms in total. The lowest BCUT2D eigenvalue weighted by Gasteiger charge is -2.16. The number of carbonyl (C=O) groups is 2. The molecule has 0 bridgehead atoms. The van der Waals surface area contributed by atoms with Gasteiger partial charge in [0.25, 0.3) is 0 Å². The van der Waals surface area contributed by atoms with E-state index < -0.39 is 5.82 Å². The lowest BCUT2D eigenvalue weighted by atomic mass is 10.1. The molecule has 0 radical (unpaired) electrons. The predicted molar refractivity (Wildman–Crippen MR) is 94.8 cm³/mol. The Morgan fingerprint density at radius 3 is 2.76 bits per heavy atom. The largest absolute Gasteiger partial charge is 0.338 e. The van der Waals surface area contributed by atoms with E-state index in [9.17, 15) is 14.0 Å². The van der Waals surface area contributed by atoms with Crippen LogP contribution in [0.1, 0.15) is 24.0 Å². The highest BCUT2D eigenvalue weighted by Gasteiger charge is 2.20. The third kappa shape index (κ3) is 4.37. The fraction of sp³-hybridized carbons (Fsp3) is 0.263. The first-order chi connectivity index (χ1) is 12.0. The fourth-order valence-electron chi connectivity index (χ4n) is 2.91. The van der Waals surface area contributed by atoms with Crippen molar-refractivity contribution >= 4 is 29.1 Å². The molecule has 0 aliphatic carbocycles. The third-order valence-electron chi connectivity index (χ3n) is 4.15. The lowest BCUT2D eigenvalue weighted by molar-refractivity contribution is -0.128. The van der Waals surface area contributed by atoms with Crippen molar-refractivity contribution in [2.24, 2.45) is 0 Å². The second-order valence-corrected chi connectivity index (χ2v) is 6.45. The van der Waals surface area contributed by atoms with E-state index in [0.29, 0.717) is 18.7 Å². The molecule has 0 unspecified atom stereocenters. The van der Waals surface area contributed by atoms with Crippen LogP contribution < -0.4 is 5.32 Å². The number of hydrogen-bond donors (Lipinski definition) is 1. The molecule has 1 aliphatic heterocycles. The van der Waals surface area contributed by atoms with Gasteiger partial charge in [0.15, 0.2) is 0 Å². The van der Waals surface area contributed by atoms with E-state index in [2.05, 4.69) is 5.32 Å². The first-order valence-corrected chi connectivity index (χ1v) is 8.50. The van der Waals surface area contributed by atoms with Gasteiger partial charge in [-0.1, -0.05) is 29.8 Å². The number of anilines is 1. The molecule has 25 heavy (non-hydrogen) atoms. The van der Waals surface area contributed by atoms with Crippen LogP contribution in [0.3, 0.4) is 0 Å². The smallest absolute Gasteiger partial charge is 0.228 e. The van der Waals surface area contributed by atoms with Gasteiger partial charge in [0.2, 0.25) is 11.8 Å². The van der Waals surface area contributed by atoms with Gasteiger partial charge in [-0.05, 0) is 36.2 Å². The van der Waals surface area contributed by atoms with E-state index in [1.165, 1.54) is 12.1 Å². The summed E-state index contributed by atoms with van der Waals surface area (Å²) in [5.41, 5.74) is 1.74. The van der Waals surface area contributed by atoms with Crippen molar-refractivity contribution in [3.8, 4) is 0 Å². The van der Waals surface area contributed by atoms with Crippen molar-refractivity contribution in [1.29, 1.82) is 0 Å². The number of amides is 2. The average molecular weight is 361 g/mol.